The smallest absolute Gasteiger partial charge is 0.350 e. The van der Waals surface area contributed by atoms with E-state index >= 15 is 0 Å². The Bertz CT molecular complexity index is 844. The molecule has 0 fully saturated rings. The average Bonchev–Trinajstić information content (AvgIpc) is 2.94. The Hall–Kier alpha value is -3.07. The van der Waals surface area contributed by atoms with Crippen LogP contribution in [-0.4, -0.2) is 28.4 Å². The van der Waals surface area contributed by atoms with Crippen LogP contribution in [0.2, 0.25) is 0 Å². The lowest BCUT2D eigenvalue weighted by Crippen LogP contribution is -2.07. The van der Waals surface area contributed by atoms with E-state index < -0.39 is 16.8 Å². The van der Waals surface area contributed by atoms with Gasteiger partial charge in [0.15, 0.2) is 5.13 Å². The van der Waals surface area contributed by atoms with Gasteiger partial charge >= 0.3 is 5.97 Å². The summed E-state index contributed by atoms with van der Waals surface area (Å²) >= 11 is 1.02. The minimum absolute atomic E-state index is 0.0582. The second-order valence-electron chi connectivity index (χ2n) is 4.83. The van der Waals surface area contributed by atoms with Crippen LogP contribution in [0.3, 0.4) is 0 Å². The van der Waals surface area contributed by atoms with Crippen molar-refractivity contribution in [2.24, 2.45) is 0 Å². The first-order valence-corrected chi connectivity index (χ1v) is 8.10. The van der Waals surface area contributed by atoms with E-state index in [0.29, 0.717) is 16.1 Å². The molecule has 2 rings (SSSR count). The number of amides is 1. The maximum Gasteiger partial charge on any atom is 0.350 e. The molecular formula is C16H15N3O5S. The number of anilines is 1. The van der Waals surface area contributed by atoms with E-state index in [4.69, 9.17) is 4.74 Å². The summed E-state index contributed by atoms with van der Waals surface area (Å²) in [6.07, 6.45) is 2.69. The van der Waals surface area contributed by atoms with Gasteiger partial charge in [0.05, 0.1) is 17.2 Å². The maximum atomic E-state index is 11.9. The molecule has 1 N–H and O–H groups in total. The standard InChI is InChI=1S/C16H15N3O5S/c1-3-24-15(21)14-10(2)17-16(25-14)18-13(20)8-7-11-5-4-6-12(9-11)19(22)23/h4-9H,3H2,1-2H3,(H,17,18,20). The third-order valence-corrected chi connectivity index (χ3v) is 4.05. The molecule has 25 heavy (non-hydrogen) atoms. The Balaban J connectivity index is 2.05. The van der Waals surface area contributed by atoms with Crippen LogP contribution >= 0.6 is 11.3 Å². The van der Waals surface area contributed by atoms with Crippen LogP contribution in [0.15, 0.2) is 30.3 Å². The van der Waals surface area contributed by atoms with Gasteiger partial charge in [0.1, 0.15) is 4.88 Å². The second kappa shape index (κ2) is 8.15. The van der Waals surface area contributed by atoms with Crippen LogP contribution < -0.4 is 5.32 Å². The number of hydrogen-bond acceptors (Lipinski definition) is 7. The van der Waals surface area contributed by atoms with Crippen molar-refractivity contribution in [2.75, 3.05) is 11.9 Å². The minimum atomic E-state index is -0.507. The van der Waals surface area contributed by atoms with Gasteiger partial charge in [0.25, 0.3) is 5.69 Å². The number of nitro groups is 1. The Morgan fingerprint density at radius 3 is 2.88 bits per heavy atom. The van der Waals surface area contributed by atoms with Crippen molar-refractivity contribution >= 4 is 40.1 Å². The topological polar surface area (TPSA) is 111 Å². The highest BCUT2D eigenvalue weighted by Gasteiger charge is 2.17. The van der Waals surface area contributed by atoms with Gasteiger partial charge in [-0.05, 0) is 25.5 Å². The van der Waals surface area contributed by atoms with E-state index in [0.717, 1.165) is 11.3 Å². The van der Waals surface area contributed by atoms with Gasteiger partial charge < -0.3 is 4.74 Å². The largest absolute Gasteiger partial charge is 0.462 e. The fourth-order valence-electron chi connectivity index (χ4n) is 1.90. The number of carbonyl (C=O) groups is 2. The van der Waals surface area contributed by atoms with Gasteiger partial charge in [-0.25, -0.2) is 9.78 Å². The van der Waals surface area contributed by atoms with E-state index in [-0.39, 0.29) is 17.4 Å². The molecule has 0 aliphatic carbocycles. The summed E-state index contributed by atoms with van der Waals surface area (Å²) in [6.45, 7) is 3.61. The first kappa shape index (κ1) is 18.3. The fourth-order valence-corrected chi connectivity index (χ4v) is 2.76. The second-order valence-corrected chi connectivity index (χ2v) is 5.83. The van der Waals surface area contributed by atoms with Gasteiger partial charge in [0.2, 0.25) is 5.91 Å². The summed E-state index contributed by atoms with van der Waals surface area (Å²) in [5, 5.41) is 13.5. The third kappa shape index (κ3) is 4.95. The summed E-state index contributed by atoms with van der Waals surface area (Å²) in [6, 6.07) is 5.90. The molecule has 0 aliphatic heterocycles. The van der Waals surface area contributed by atoms with Gasteiger partial charge in [-0.1, -0.05) is 23.5 Å². The Kier molecular flexibility index (Phi) is 5.96. The quantitative estimate of drug-likeness (QED) is 0.366. The van der Waals surface area contributed by atoms with Gasteiger partial charge in [0, 0.05) is 18.2 Å². The highest BCUT2D eigenvalue weighted by atomic mass is 32.1. The Morgan fingerprint density at radius 1 is 1.44 bits per heavy atom. The maximum absolute atomic E-state index is 11.9. The molecule has 0 bridgehead atoms. The SMILES string of the molecule is CCOC(=O)c1sc(NC(=O)C=Cc2cccc([N+](=O)[O-])c2)nc1C. The molecule has 1 heterocycles. The van der Waals surface area contributed by atoms with Crippen molar-refractivity contribution < 1.29 is 19.2 Å². The number of rotatable bonds is 6. The number of carbonyl (C=O) groups excluding carboxylic acids is 2. The van der Waals surface area contributed by atoms with Crippen LogP contribution in [0, 0.1) is 17.0 Å². The number of non-ortho nitro benzene ring substituents is 1. The van der Waals surface area contributed by atoms with Crippen LogP contribution in [0.5, 0.6) is 0 Å². The van der Waals surface area contributed by atoms with Crippen molar-refractivity contribution in [1.29, 1.82) is 0 Å². The van der Waals surface area contributed by atoms with Gasteiger partial charge in [-0.15, -0.1) is 0 Å². The van der Waals surface area contributed by atoms with Gasteiger partial charge in [-0.2, -0.15) is 0 Å². The van der Waals surface area contributed by atoms with E-state index in [9.17, 15) is 19.7 Å². The Morgan fingerprint density at radius 2 is 2.20 bits per heavy atom. The van der Waals surface area contributed by atoms with Crippen molar-refractivity contribution in [3.8, 4) is 0 Å². The number of benzene rings is 1. The normalized spacial score (nSPS) is 10.6. The monoisotopic (exact) mass is 361 g/mol. The van der Waals surface area contributed by atoms with Gasteiger partial charge in [-0.3, -0.25) is 20.2 Å². The number of nitrogens with one attached hydrogen (secondary N) is 1. The predicted molar refractivity (Wildman–Crippen MR) is 93.6 cm³/mol. The molecule has 0 aliphatic rings. The molecule has 2 aromatic rings. The lowest BCUT2D eigenvalue weighted by molar-refractivity contribution is -0.384. The van der Waals surface area contributed by atoms with E-state index in [1.165, 1.54) is 30.4 Å². The van der Waals surface area contributed by atoms with Crippen molar-refractivity contribution in [1.82, 2.24) is 4.98 Å². The molecular weight excluding hydrogens is 346 g/mol. The number of hydrogen-bond donors (Lipinski definition) is 1. The molecule has 0 saturated carbocycles. The molecule has 9 heteroatoms. The molecule has 0 unspecified atom stereocenters. The molecule has 0 spiro atoms. The molecule has 1 aromatic carbocycles. The summed E-state index contributed by atoms with van der Waals surface area (Å²) in [7, 11) is 0. The molecule has 0 saturated heterocycles. The van der Waals surface area contributed by atoms with Crippen LogP contribution in [-0.2, 0) is 9.53 Å². The zero-order chi connectivity index (χ0) is 18.4. The highest BCUT2D eigenvalue weighted by Crippen LogP contribution is 2.23. The molecule has 0 atom stereocenters. The average molecular weight is 361 g/mol. The van der Waals surface area contributed by atoms with Crippen molar-refractivity contribution in [2.45, 2.75) is 13.8 Å². The number of aryl methyl sites for hydroxylation is 1. The number of nitrogens with zero attached hydrogens (tertiary/aromatic N) is 2. The van der Waals surface area contributed by atoms with Crippen LogP contribution in [0.4, 0.5) is 10.8 Å². The molecule has 130 valence electrons. The van der Waals surface area contributed by atoms with E-state index in [2.05, 4.69) is 10.3 Å². The molecule has 1 amide bonds. The van der Waals surface area contributed by atoms with E-state index in [1.54, 1.807) is 19.9 Å². The first-order valence-electron chi connectivity index (χ1n) is 7.28. The first-order chi connectivity index (χ1) is 11.9. The summed E-state index contributed by atoms with van der Waals surface area (Å²) in [4.78, 5) is 38.3. The van der Waals surface area contributed by atoms with Crippen LogP contribution in [0.25, 0.3) is 6.08 Å². The molecule has 1 aromatic heterocycles. The third-order valence-electron chi connectivity index (χ3n) is 3.00. The number of ether oxygens (including phenoxy) is 1. The summed E-state index contributed by atoms with van der Waals surface area (Å²) in [5.41, 5.74) is 0.936. The summed E-state index contributed by atoms with van der Waals surface area (Å²) in [5.74, 6) is -0.944. The predicted octanol–water partition coefficient (Wildman–Crippen LogP) is 3.19. The fraction of sp³-hybridized carbons (Fsp3) is 0.188. The van der Waals surface area contributed by atoms with Crippen molar-refractivity contribution in [3.05, 3.63) is 56.6 Å². The number of aromatic nitrogens is 1. The summed E-state index contributed by atoms with van der Waals surface area (Å²) < 4.78 is 4.91. The van der Waals surface area contributed by atoms with Crippen molar-refractivity contribution in [3.63, 3.8) is 0 Å². The lowest BCUT2D eigenvalue weighted by atomic mass is 10.2. The molecule has 0 radical (unpaired) electrons. The Labute approximate surface area is 147 Å². The highest BCUT2D eigenvalue weighted by molar-refractivity contribution is 7.17. The molecule has 8 nitrogen and oxygen atoms in total. The minimum Gasteiger partial charge on any atom is -0.462 e. The number of esters is 1. The zero-order valence-electron chi connectivity index (χ0n) is 13.5. The van der Waals surface area contributed by atoms with E-state index in [1.807, 2.05) is 0 Å². The number of nitro benzene ring substituents is 1. The van der Waals surface area contributed by atoms with Crippen LogP contribution in [0.1, 0.15) is 27.9 Å². The lowest BCUT2D eigenvalue weighted by Gasteiger charge is -1.98. The zero-order valence-corrected chi connectivity index (χ0v) is 14.3. The number of thiazole rings is 1.